The van der Waals surface area contributed by atoms with Gasteiger partial charge in [-0.05, 0) is 34.6 Å². The average molecular weight is 274 g/mol. The largest absolute Gasteiger partial charge is 0.480 e. The van der Waals surface area contributed by atoms with Gasteiger partial charge in [0.2, 0.25) is 0 Å². The van der Waals surface area contributed by atoms with Gasteiger partial charge in [0.05, 0.1) is 12.6 Å². The summed E-state index contributed by atoms with van der Waals surface area (Å²) >= 11 is 0. The minimum atomic E-state index is -1.23. The highest BCUT2D eigenvalue weighted by atomic mass is 16.5. The van der Waals surface area contributed by atoms with E-state index in [0.717, 1.165) is 0 Å². The zero-order chi connectivity index (χ0) is 15.2. The molecule has 0 radical (unpaired) electrons. The number of carbonyl (C=O) groups is 2. The van der Waals surface area contributed by atoms with Gasteiger partial charge >= 0.3 is 12.0 Å². The van der Waals surface area contributed by atoms with Crippen LogP contribution in [0.25, 0.3) is 0 Å². The smallest absolute Gasteiger partial charge is 0.329 e. The number of carboxylic acids is 1. The van der Waals surface area contributed by atoms with Crippen molar-refractivity contribution >= 4 is 12.0 Å². The average Bonchev–Trinajstić information content (AvgIpc) is 2.30. The molecular weight excluding hydrogens is 248 g/mol. The predicted octanol–water partition coefficient (Wildman–Crippen LogP) is 1.65. The lowest BCUT2D eigenvalue weighted by molar-refractivity contribution is -0.147. The SMILES string of the molecule is CCN(C(=O)N(CC)C(C)(C)C(=O)O)C(C)COC. The maximum atomic E-state index is 12.5. The lowest BCUT2D eigenvalue weighted by atomic mass is 10.0. The second-order valence-electron chi connectivity index (χ2n) is 4.98. The molecule has 0 bridgehead atoms. The Labute approximate surface area is 115 Å². The molecule has 112 valence electrons. The summed E-state index contributed by atoms with van der Waals surface area (Å²) < 4.78 is 5.05. The molecule has 1 unspecified atom stereocenters. The van der Waals surface area contributed by atoms with Crippen molar-refractivity contribution in [3.63, 3.8) is 0 Å². The van der Waals surface area contributed by atoms with Crippen LogP contribution in [0.1, 0.15) is 34.6 Å². The molecule has 6 nitrogen and oxygen atoms in total. The number of hydrogen-bond donors (Lipinski definition) is 1. The first-order chi connectivity index (χ1) is 8.73. The molecule has 0 spiro atoms. The molecule has 0 saturated heterocycles. The summed E-state index contributed by atoms with van der Waals surface area (Å²) in [4.78, 5) is 26.8. The molecule has 0 heterocycles. The third-order valence-electron chi connectivity index (χ3n) is 3.27. The fourth-order valence-corrected chi connectivity index (χ4v) is 2.01. The fraction of sp³-hybridized carbons (Fsp3) is 0.846. The predicted molar refractivity (Wildman–Crippen MR) is 73.2 cm³/mol. The van der Waals surface area contributed by atoms with Gasteiger partial charge in [0.25, 0.3) is 0 Å². The van der Waals surface area contributed by atoms with Gasteiger partial charge in [-0.15, -0.1) is 0 Å². The Balaban J connectivity index is 5.16. The Kier molecular flexibility index (Phi) is 6.83. The number of likely N-dealkylation sites (N-methyl/N-ethyl adjacent to an activating group) is 2. The number of nitrogens with zero attached hydrogens (tertiary/aromatic N) is 2. The van der Waals surface area contributed by atoms with E-state index in [1.165, 1.54) is 18.7 Å². The van der Waals surface area contributed by atoms with Crippen molar-refractivity contribution in [3.05, 3.63) is 0 Å². The molecule has 0 aliphatic rings. The highest BCUT2D eigenvalue weighted by molar-refractivity contribution is 5.85. The molecule has 0 aromatic carbocycles. The highest BCUT2D eigenvalue weighted by Crippen LogP contribution is 2.18. The van der Waals surface area contributed by atoms with Gasteiger partial charge in [0, 0.05) is 20.2 Å². The molecule has 0 saturated carbocycles. The number of aliphatic carboxylic acids is 1. The Morgan fingerprint density at radius 1 is 1.26 bits per heavy atom. The molecule has 0 fully saturated rings. The second kappa shape index (κ2) is 7.33. The molecule has 2 amide bonds. The quantitative estimate of drug-likeness (QED) is 0.766. The van der Waals surface area contributed by atoms with E-state index in [1.54, 1.807) is 18.9 Å². The lowest BCUT2D eigenvalue weighted by Crippen LogP contribution is -2.58. The van der Waals surface area contributed by atoms with Crippen molar-refractivity contribution in [3.8, 4) is 0 Å². The monoisotopic (exact) mass is 274 g/mol. The molecule has 0 aliphatic heterocycles. The van der Waals surface area contributed by atoms with Crippen LogP contribution >= 0.6 is 0 Å². The Hall–Kier alpha value is -1.30. The maximum Gasteiger partial charge on any atom is 0.329 e. The minimum Gasteiger partial charge on any atom is -0.480 e. The number of methoxy groups -OCH3 is 1. The minimum absolute atomic E-state index is 0.0962. The van der Waals surface area contributed by atoms with Gasteiger partial charge in [0.1, 0.15) is 5.54 Å². The summed E-state index contributed by atoms with van der Waals surface area (Å²) in [6.07, 6.45) is 0. The standard InChI is InChI=1S/C13H26N2O4/c1-7-14(10(3)9-19-6)12(18)15(8-2)13(4,5)11(16)17/h10H,7-9H2,1-6H3,(H,16,17). The second-order valence-corrected chi connectivity index (χ2v) is 4.98. The normalized spacial score (nSPS) is 12.9. The number of urea groups is 1. The molecule has 0 aromatic rings. The van der Waals surface area contributed by atoms with Gasteiger partial charge < -0.3 is 19.6 Å². The van der Waals surface area contributed by atoms with Crippen LogP contribution in [-0.4, -0.2) is 65.3 Å². The molecular formula is C13H26N2O4. The van der Waals surface area contributed by atoms with Crippen molar-refractivity contribution < 1.29 is 19.4 Å². The van der Waals surface area contributed by atoms with Gasteiger partial charge in [-0.25, -0.2) is 9.59 Å². The van der Waals surface area contributed by atoms with Crippen LogP contribution in [0.3, 0.4) is 0 Å². The molecule has 0 aliphatic carbocycles. The number of amides is 2. The summed E-state index contributed by atoms with van der Waals surface area (Å²) in [5.41, 5.74) is -1.23. The third-order valence-corrected chi connectivity index (χ3v) is 3.27. The van der Waals surface area contributed by atoms with E-state index in [1.807, 2.05) is 13.8 Å². The van der Waals surface area contributed by atoms with Crippen LogP contribution in [-0.2, 0) is 9.53 Å². The van der Waals surface area contributed by atoms with Crippen LogP contribution in [0.15, 0.2) is 0 Å². The first kappa shape index (κ1) is 17.7. The van der Waals surface area contributed by atoms with Crippen molar-refractivity contribution in [2.45, 2.75) is 46.2 Å². The first-order valence-electron chi connectivity index (χ1n) is 6.54. The number of rotatable bonds is 7. The molecule has 0 rings (SSSR count). The lowest BCUT2D eigenvalue weighted by Gasteiger charge is -2.39. The summed E-state index contributed by atoms with van der Waals surface area (Å²) in [7, 11) is 1.58. The molecule has 6 heteroatoms. The number of carboxylic acid groups (broad SMARTS) is 1. The Bertz CT molecular complexity index is 318. The number of carbonyl (C=O) groups excluding carboxylic acids is 1. The molecule has 19 heavy (non-hydrogen) atoms. The summed E-state index contributed by atoms with van der Waals surface area (Å²) in [5.74, 6) is -1.02. The molecule has 1 N–H and O–H groups in total. The Morgan fingerprint density at radius 3 is 2.11 bits per heavy atom. The van der Waals surface area contributed by atoms with Crippen molar-refractivity contribution in [2.75, 3.05) is 26.8 Å². The van der Waals surface area contributed by atoms with E-state index in [4.69, 9.17) is 4.74 Å². The van der Waals surface area contributed by atoms with E-state index in [-0.39, 0.29) is 12.1 Å². The van der Waals surface area contributed by atoms with Crippen LogP contribution in [0.5, 0.6) is 0 Å². The zero-order valence-electron chi connectivity index (χ0n) is 12.8. The van der Waals surface area contributed by atoms with Crippen LogP contribution < -0.4 is 0 Å². The van der Waals surface area contributed by atoms with Crippen LogP contribution in [0, 0.1) is 0 Å². The van der Waals surface area contributed by atoms with Gasteiger partial charge in [0.15, 0.2) is 0 Å². The van der Waals surface area contributed by atoms with E-state index in [2.05, 4.69) is 0 Å². The van der Waals surface area contributed by atoms with Gasteiger partial charge in [-0.2, -0.15) is 0 Å². The topological polar surface area (TPSA) is 70.1 Å². The van der Waals surface area contributed by atoms with E-state index in [9.17, 15) is 14.7 Å². The summed E-state index contributed by atoms with van der Waals surface area (Å²) in [5, 5.41) is 9.25. The molecule has 1 atom stereocenters. The summed E-state index contributed by atoms with van der Waals surface area (Å²) in [6, 6.07) is -0.372. The van der Waals surface area contributed by atoms with Crippen molar-refractivity contribution in [1.29, 1.82) is 0 Å². The van der Waals surface area contributed by atoms with Gasteiger partial charge in [-0.3, -0.25) is 0 Å². The Morgan fingerprint density at radius 2 is 1.79 bits per heavy atom. The van der Waals surface area contributed by atoms with Gasteiger partial charge in [-0.1, -0.05) is 0 Å². The van der Waals surface area contributed by atoms with E-state index < -0.39 is 11.5 Å². The first-order valence-corrected chi connectivity index (χ1v) is 6.54. The summed E-state index contributed by atoms with van der Waals surface area (Å²) in [6.45, 7) is 9.86. The van der Waals surface area contributed by atoms with E-state index in [0.29, 0.717) is 19.7 Å². The van der Waals surface area contributed by atoms with Crippen LogP contribution in [0.2, 0.25) is 0 Å². The zero-order valence-corrected chi connectivity index (χ0v) is 12.8. The fourth-order valence-electron chi connectivity index (χ4n) is 2.01. The van der Waals surface area contributed by atoms with Crippen LogP contribution in [0.4, 0.5) is 4.79 Å². The van der Waals surface area contributed by atoms with Crippen molar-refractivity contribution in [2.24, 2.45) is 0 Å². The molecule has 0 aromatic heterocycles. The highest BCUT2D eigenvalue weighted by Gasteiger charge is 2.39. The van der Waals surface area contributed by atoms with E-state index >= 15 is 0 Å². The maximum absolute atomic E-state index is 12.5. The number of hydrogen-bond acceptors (Lipinski definition) is 3. The third kappa shape index (κ3) is 4.09. The van der Waals surface area contributed by atoms with Crippen molar-refractivity contribution in [1.82, 2.24) is 9.80 Å². The number of ether oxygens (including phenoxy) is 1.